The summed E-state index contributed by atoms with van der Waals surface area (Å²) in [5, 5.41) is 6.62. The van der Waals surface area contributed by atoms with Gasteiger partial charge in [-0.2, -0.15) is 0 Å². The zero-order valence-corrected chi connectivity index (χ0v) is 19.3. The molecule has 3 heterocycles. The topological polar surface area (TPSA) is 99.1 Å². The Balaban J connectivity index is 1.38. The van der Waals surface area contributed by atoms with Gasteiger partial charge in [-0.15, -0.1) is 0 Å². The van der Waals surface area contributed by atoms with Crippen molar-refractivity contribution in [1.82, 2.24) is 20.2 Å². The highest BCUT2D eigenvalue weighted by atomic mass is 19.1. The minimum absolute atomic E-state index is 0.000218. The number of aromatic nitrogens is 2. The number of nitrogens with zero attached hydrogens (tertiary/aromatic N) is 2. The molecule has 1 saturated carbocycles. The zero-order chi connectivity index (χ0) is 24.5. The molecule has 35 heavy (non-hydrogen) atoms. The van der Waals surface area contributed by atoms with Crippen LogP contribution in [0.1, 0.15) is 44.1 Å². The number of hydrogen-bond acceptors (Lipinski definition) is 4. The number of carbonyl (C=O) groups is 1. The van der Waals surface area contributed by atoms with E-state index in [9.17, 15) is 18.0 Å². The van der Waals surface area contributed by atoms with Crippen molar-refractivity contribution in [3.8, 4) is 11.3 Å². The van der Waals surface area contributed by atoms with E-state index in [-0.39, 0.29) is 36.0 Å². The first-order valence-electron chi connectivity index (χ1n) is 12.1. The average molecular weight is 487 g/mol. The summed E-state index contributed by atoms with van der Waals surface area (Å²) in [4.78, 5) is 21.7. The van der Waals surface area contributed by atoms with Gasteiger partial charge in [-0.1, -0.05) is 0 Å². The molecular weight excluding hydrogens is 457 g/mol. The molecule has 5 N–H and O–H groups in total. The van der Waals surface area contributed by atoms with E-state index in [0.717, 1.165) is 51.3 Å². The van der Waals surface area contributed by atoms with E-state index in [1.165, 1.54) is 18.3 Å². The molecule has 1 saturated heterocycles. The van der Waals surface area contributed by atoms with Crippen molar-refractivity contribution in [3.05, 3.63) is 47.4 Å². The number of urea groups is 1. The Morgan fingerprint density at radius 1 is 1.09 bits per heavy atom. The number of hydrogen-bond donors (Lipinski definition) is 4. The molecule has 0 bridgehead atoms. The van der Waals surface area contributed by atoms with Gasteiger partial charge in [0.05, 0.1) is 11.2 Å². The normalized spacial score (nSPS) is 20.4. The molecule has 1 aromatic carbocycles. The van der Waals surface area contributed by atoms with Gasteiger partial charge < -0.3 is 26.3 Å². The quantitative estimate of drug-likeness (QED) is 0.422. The van der Waals surface area contributed by atoms with E-state index in [1.807, 2.05) is 4.90 Å². The van der Waals surface area contributed by atoms with E-state index in [0.29, 0.717) is 28.6 Å². The molecule has 186 valence electrons. The molecule has 2 fully saturated rings. The Hall–Kier alpha value is -3.27. The van der Waals surface area contributed by atoms with Gasteiger partial charge in [0.2, 0.25) is 0 Å². The van der Waals surface area contributed by atoms with Crippen molar-refractivity contribution >= 4 is 22.8 Å². The summed E-state index contributed by atoms with van der Waals surface area (Å²) in [5.41, 5.74) is 7.24. The van der Waals surface area contributed by atoms with Crippen LogP contribution in [-0.2, 0) is 6.54 Å². The number of carbonyl (C=O) groups excluding carboxylic acids is 1. The Labute approximate surface area is 201 Å². The van der Waals surface area contributed by atoms with Crippen LogP contribution in [-0.4, -0.2) is 46.1 Å². The Morgan fingerprint density at radius 3 is 2.63 bits per heavy atom. The van der Waals surface area contributed by atoms with Crippen molar-refractivity contribution in [3.63, 3.8) is 0 Å². The summed E-state index contributed by atoms with van der Waals surface area (Å²) in [6.07, 6.45) is 6.82. The number of benzene rings is 1. The van der Waals surface area contributed by atoms with Crippen molar-refractivity contribution in [2.45, 2.75) is 57.2 Å². The number of nitrogens with one attached hydrogen (secondary N) is 3. The van der Waals surface area contributed by atoms with E-state index in [2.05, 4.69) is 20.6 Å². The Kier molecular flexibility index (Phi) is 6.55. The molecule has 2 atom stereocenters. The average Bonchev–Trinajstić information content (AvgIpc) is 3.51. The number of likely N-dealkylation sites (tertiary alicyclic amines) is 1. The summed E-state index contributed by atoms with van der Waals surface area (Å²) in [5.74, 6) is -1.92. The molecule has 2 aromatic heterocycles. The van der Waals surface area contributed by atoms with Gasteiger partial charge in [-0.25, -0.2) is 22.9 Å². The van der Waals surface area contributed by atoms with Gasteiger partial charge in [-0.3, -0.25) is 0 Å². The fourth-order valence-electron chi connectivity index (χ4n) is 5.20. The van der Waals surface area contributed by atoms with Gasteiger partial charge in [0.1, 0.15) is 11.6 Å². The smallest absolute Gasteiger partial charge is 0.317 e. The molecule has 10 heteroatoms. The van der Waals surface area contributed by atoms with E-state index in [4.69, 9.17) is 5.73 Å². The second kappa shape index (κ2) is 9.77. The number of rotatable bonds is 5. The molecule has 3 aromatic rings. The predicted molar refractivity (Wildman–Crippen MR) is 128 cm³/mol. The number of H-pyrrole nitrogens is 1. The number of anilines is 1. The molecule has 5 rings (SSSR count). The fraction of sp³-hybridized carbons (Fsp3) is 0.440. The predicted octanol–water partition coefficient (Wildman–Crippen LogP) is 4.63. The van der Waals surface area contributed by atoms with Crippen LogP contribution in [0.25, 0.3) is 22.2 Å². The van der Waals surface area contributed by atoms with Gasteiger partial charge in [0, 0.05) is 54.9 Å². The first-order valence-corrected chi connectivity index (χ1v) is 12.1. The molecule has 0 spiro atoms. The van der Waals surface area contributed by atoms with Gasteiger partial charge in [0.15, 0.2) is 11.6 Å². The van der Waals surface area contributed by atoms with Crippen LogP contribution >= 0.6 is 0 Å². The summed E-state index contributed by atoms with van der Waals surface area (Å²) in [6.45, 7) is 1.58. The number of amides is 2. The zero-order valence-electron chi connectivity index (χ0n) is 19.3. The van der Waals surface area contributed by atoms with Crippen molar-refractivity contribution in [1.29, 1.82) is 0 Å². The van der Waals surface area contributed by atoms with Gasteiger partial charge in [-0.05, 0) is 56.2 Å². The SMILES string of the molecule is NCc1cc(F)c(N[C@@H]2CCC[C@H](NC(=O)N3CCCC3)C2)nc1-c1c[nH]c2c(F)cc(F)cc12. The number of aromatic amines is 1. The lowest BCUT2D eigenvalue weighted by molar-refractivity contribution is 0.199. The van der Waals surface area contributed by atoms with Crippen LogP contribution in [0.15, 0.2) is 24.4 Å². The lowest BCUT2D eigenvalue weighted by Crippen LogP contribution is -2.47. The highest BCUT2D eigenvalue weighted by molar-refractivity contribution is 5.95. The van der Waals surface area contributed by atoms with Crippen LogP contribution < -0.4 is 16.4 Å². The van der Waals surface area contributed by atoms with Crippen LogP contribution in [0.5, 0.6) is 0 Å². The second-order valence-electron chi connectivity index (χ2n) is 9.39. The Morgan fingerprint density at radius 2 is 1.86 bits per heavy atom. The lowest BCUT2D eigenvalue weighted by atomic mass is 9.91. The van der Waals surface area contributed by atoms with Crippen LogP contribution in [0, 0.1) is 17.5 Å². The third kappa shape index (κ3) is 4.80. The van der Waals surface area contributed by atoms with Crippen LogP contribution in [0.3, 0.4) is 0 Å². The maximum absolute atomic E-state index is 15.0. The van der Waals surface area contributed by atoms with E-state index >= 15 is 0 Å². The third-order valence-corrected chi connectivity index (χ3v) is 6.97. The monoisotopic (exact) mass is 486 g/mol. The van der Waals surface area contributed by atoms with Crippen LogP contribution in [0.4, 0.5) is 23.8 Å². The minimum atomic E-state index is -0.717. The molecular formula is C25H29F3N6O. The van der Waals surface area contributed by atoms with Crippen molar-refractivity contribution < 1.29 is 18.0 Å². The molecule has 1 aliphatic carbocycles. The summed E-state index contributed by atoms with van der Waals surface area (Å²) in [6, 6.07) is 3.22. The minimum Gasteiger partial charge on any atom is -0.365 e. The number of fused-ring (bicyclic) bond motifs is 1. The first-order chi connectivity index (χ1) is 16.9. The number of nitrogens with two attached hydrogens (primary N) is 1. The summed E-state index contributed by atoms with van der Waals surface area (Å²) < 4.78 is 43.1. The van der Waals surface area contributed by atoms with Gasteiger partial charge in [0.25, 0.3) is 0 Å². The maximum atomic E-state index is 15.0. The van der Waals surface area contributed by atoms with E-state index in [1.54, 1.807) is 0 Å². The lowest BCUT2D eigenvalue weighted by Gasteiger charge is -2.32. The molecule has 1 aliphatic heterocycles. The number of halogens is 3. The van der Waals surface area contributed by atoms with E-state index < -0.39 is 17.5 Å². The summed E-state index contributed by atoms with van der Waals surface area (Å²) in [7, 11) is 0. The standard InChI is InChI=1S/C25H29F3N6O/c26-15-9-18-19(13-30-23(18)20(27)10-15)22-14(12-29)8-21(28)24(33-22)31-16-4-3-5-17(11-16)32-25(35)34-6-1-2-7-34/h8-10,13,16-17,30H,1-7,11-12,29H2,(H,31,33)(H,32,35)/t16-,17+/m1/s1. The molecule has 2 amide bonds. The molecule has 0 radical (unpaired) electrons. The van der Waals surface area contributed by atoms with Gasteiger partial charge >= 0.3 is 6.03 Å². The number of pyridine rings is 1. The summed E-state index contributed by atoms with van der Waals surface area (Å²) >= 11 is 0. The third-order valence-electron chi connectivity index (χ3n) is 6.97. The molecule has 0 unspecified atom stereocenters. The maximum Gasteiger partial charge on any atom is 0.317 e. The largest absolute Gasteiger partial charge is 0.365 e. The second-order valence-corrected chi connectivity index (χ2v) is 9.39. The Bertz CT molecular complexity index is 1240. The van der Waals surface area contributed by atoms with Crippen molar-refractivity contribution in [2.24, 2.45) is 5.73 Å². The first kappa shape index (κ1) is 23.5. The molecule has 7 nitrogen and oxygen atoms in total. The highest BCUT2D eigenvalue weighted by Gasteiger charge is 2.27. The van der Waals surface area contributed by atoms with Crippen LogP contribution in [0.2, 0.25) is 0 Å². The van der Waals surface area contributed by atoms with Crippen molar-refractivity contribution in [2.75, 3.05) is 18.4 Å². The highest BCUT2D eigenvalue weighted by Crippen LogP contribution is 2.34. The fourth-order valence-corrected chi connectivity index (χ4v) is 5.20. The molecule has 2 aliphatic rings.